The third-order valence-corrected chi connectivity index (χ3v) is 1.31. The molecule has 0 radical (unpaired) electrons. The molecule has 1 aromatic heterocycles. The highest BCUT2D eigenvalue weighted by atomic mass is 35.5. The van der Waals surface area contributed by atoms with Gasteiger partial charge in [0, 0.05) is 12.4 Å². The van der Waals surface area contributed by atoms with Gasteiger partial charge in [-0.25, -0.2) is 4.98 Å². The number of imidazole rings is 1. The highest BCUT2D eigenvalue weighted by molar-refractivity contribution is 6.22. The van der Waals surface area contributed by atoms with Gasteiger partial charge in [-0.2, -0.15) is 5.26 Å². The predicted octanol–water partition coefficient (Wildman–Crippen LogP) is 1.01. The van der Waals surface area contributed by atoms with Gasteiger partial charge in [0.25, 0.3) is 0 Å². The van der Waals surface area contributed by atoms with Crippen LogP contribution >= 0.6 is 11.6 Å². The van der Waals surface area contributed by atoms with Gasteiger partial charge in [0.05, 0.1) is 18.9 Å². The molecule has 0 aliphatic heterocycles. The van der Waals surface area contributed by atoms with Gasteiger partial charge in [-0.05, 0) is 0 Å². The van der Waals surface area contributed by atoms with E-state index in [9.17, 15) is 0 Å². The minimum Gasteiger partial charge on any atom is -0.335 e. The Labute approximate surface area is 63.9 Å². The Bertz CT molecular complexity index is 224. The molecule has 0 saturated heterocycles. The lowest BCUT2D eigenvalue weighted by Crippen LogP contribution is -2.05. The van der Waals surface area contributed by atoms with Crippen LogP contribution in [0.1, 0.15) is 0 Å². The second-order valence-corrected chi connectivity index (χ2v) is 2.38. The summed E-state index contributed by atoms with van der Waals surface area (Å²) in [6, 6.07) is 1.92. The molecule has 10 heavy (non-hydrogen) atoms. The van der Waals surface area contributed by atoms with Crippen molar-refractivity contribution in [3.05, 3.63) is 18.7 Å². The maximum atomic E-state index is 8.32. The molecule has 4 heteroatoms. The Morgan fingerprint density at radius 3 is 3.10 bits per heavy atom. The number of halogens is 1. The van der Waals surface area contributed by atoms with Crippen LogP contribution in [0.25, 0.3) is 0 Å². The van der Waals surface area contributed by atoms with Gasteiger partial charge >= 0.3 is 0 Å². The van der Waals surface area contributed by atoms with Crippen LogP contribution in [0.3, 0.4) is 0 Å². The smallest absolute Gasteiger partial charge is 0.138 e. The lowest BCUT2D eigenvalue weighted by atomic mass is 10.4. The number of hydrogen-bond donors (Lipinski definition) is 0. The molecule has 0 saturated carbocycles. The third-order valence-electron chi connectivity index (χ3n) is 1.07. The molecule has 1 atom stereocenters. The first-order valence-electron chi connectivity index (χ1n) is 2.82. The summed E-state index contributed by atoms with van der Waals surface area (Å²) in [4.78, 5) is 3.80. The summed E-state index contributed by atoms with van der Waals surface area (Å²) in [7, 11) is 0. The van der Waals surface area contributed by atoms with Crippen molar-refractivity contribution in [2.45, 2.75) is 11.9 Å². The number of rotatable bonds is 2. The van der Waals surface area contributed by atoms with E-state index in [-0.39, 0.29) is 0 Å². The standard InChI is InChI=1S/C6H6ClN3/c7-6(3-8)4-10-2-1-9-5-10/h1-2,5-6H,4H2/t6-/m1/s1. The average Bonchev–Trinajstić information content (AvgIpc) is 2.40. The van der Waals surface area contributed by atoms with E-state index in [0.29, 0.717) is 6.54 Å². The van der Waals surface area contributed by atoms with E-state index in [0.717, 1.165) is 0 Å². The molecule has 1 heterocycles. The molecule has 1 aromatic rings. The van der Waals surface area contributed by atoms with Crippen LogP contribution in [-0.2, 0) is 6.54 Å². The largest absolute Gasteiger partial charge is 0.335 e. The maximum Gasteiger partial charge on any atom is 0.138 e. The highest BCUT2D eigenvalue weighted by Crippen LogP contribution is 1.97. The first kappa shape index (κ1) is 7.10. The van der Waals surface area contributed by atoms with E-state index in [4.69, 9.17) is 16.9 Å². The van der Waals surface area contributed by atoms with Crippen LogP contribution in [0, 0.1) is 11.3 Å². The average molecular weight is 156 g/mol. The Morgan fingerprint density at radius 2 is 2.60 bits per heavy atom. The molecule has 1 rings (SSSR count). The molecule has 0 aromatic carbocycles. The second kappa shape index (κ2) is 3.23. The zero-order valence-electron chi connectivity index (χ0n) is 5.24. The van der Waals surface area contributed by atoms with Gasteiger partial charge in [-0.15, -0.1) is 11.6 Å². The zero-order valence-corrected chi connectivity index (χ0v) is 5.99. The molecule has 0 fully saturated rings. The Hall–Kier alpha value is -1.01. The van der Waals surface area contributed by atoms with E-state index in [1.54, 1.807) is 23.3 Å². The molecular formula is C6H6ClN3. The van der Waals surface area contributed by atoms with Crippen molar-refractivity contribution in [1.29, 1.82) is 5.26 Å². The van der Waals surface area contributed by atoms with Gasteiger partial charge in [0.2, 0.25) is 0 Å². The Balaban J connectivity index is 2.50. The fourth-order valence-electron chi connectivity index (χ4n) is 0.621. The van der Waals surface area contributed by atoms with Gasteiger partial charge in [-0.1, -0.05) is 0 Å². The van der Waals surface area contributed by atoms with Gasteiger partial charge in [-0.3, -0.25) is 0 Å². The molecule has 0 unspecified atom stereocenters. The monoisotopic (exact) mass is 155 g/mol. The van der Waals surface area contributed by atoms with Crippen molar-refractivity contribution >= 4 is 11.6 Å². The number of alkyl halides is 1. The zero-order chi connectivity index (χ0) is 7.40. The number of nitriles is 1. The van der Waals surface area contributed by atoms with Crippen molar-refractivity contribution in [2.24, 2.45) is 0 Å². The van der Waals surface area contributed by atoms with E-state index >= 15 is 0 Å². The van der Waals surface area contributed by atoms with Crippen molar-refractivity contribution in [2.75, 3.05) is 0 Å². The summed E-state index contributed by atoms with van der Waals surface area (Å²) in [5, 5.41) is 7.85. The fourth-order valence-corrected chi connectivity index (χ4v) is 0.780. The van der Waals surface area contributed by atoms with Crippen molar-refractivity contribution in [3.63, 3.8) is 0 Å². The van der Waals surface area contributed by atoms with Crippen LogP contribution < -0.4 is 0 Å². The van der Waals surface area contributed by atoms with Crippen LogP contribution in [0.4, 0.5) is 0 Å². The van der Waals surface area contributed by atoms with Crippen molar-refractivity contribution in [1.82, 2.24) is 9.55 Å². The minimum atomic E-state index is -0.464. The van der Waals surface area contributed by atoms with Gasteiger partial charge in [0.1, 0.15) is 5.38 Å². The lowest BCUT2D eigenvalue weighted by molar-refractivity contribution is 0.720. The summed E-state index contributed by atoms with van der Waals surface area (Å²) in [5.41, 5.74) is 0. The second-order valence-electron chi connectivity index (χ2n) is 1.86. The Kier molecular flexibility index (Phi) is 2.30. The van der Waals surface area contributed by atoms with Crippen LogP contribution in [0.15, 0.2) is 18.7 Å². The first-order chi connectivity index (χ1) is 4.83. The SMILES string of the molecule is N#C[C@@H](Cl)Cn1ccnc1. The molecule has 52 valence electrons. The summed E-state index contributed by atoms with van der Waals surface area (Å²) >= 11 is 5.55. The molecule has 0 bridgehead atoms. The number of aromatic nitrogens is 2. The molecule has 3 nitrogen and oxygen atoms in total. The summed E-state index contributed by atoms with van der Waals surface area (Å²) in [5.74, 6) is 0. The molecule has 0 amide bonds. The van der Waals surface area contributed by atoms with E-state index in [2.05, 4.69) is 4.98 Å². The van der Waals surface area contributed by atoms with Crippen LogP contribution in [0.2, 0.25) is 0 Å². The van der Waals surface area contributed by atoms with Crippen molar-refractivity contribution in [3.8, 4) is 6.07 Å². The molecular weight excluding hydrogens is 150 g/mol. The van der Waals surface area contributed by atoms with Crippen LogP contribution in [-0.4, -0.2) is 14.9 Å². The van der Waals surface area contributed by atoms with E-state index < -0.39 is 5.38 Å². The summed E-state index contributed by atoms with van der Waals surface area (Å²) in [6.45, 7) is 0.498. The molecule has 0 N–H and O–H groups in total. The van der Waals surface area contributed by atoms with Gasteiger partial charge < -0.3 is 4.57 Å². The molecule has 0 spiro atoms. The predicted molar refractivity (Wildman–Crippen MR) is 37.5 cm³/mol. The van der Waals surface area contributed by atoms with Crippen LogP contribution in [0.5, 0.6) is 0 Å². The number of nitrogens with zero attached hydrogens (tertiary/aromatic N) is 3. The van der Waals surface area contributed by atoms with E-state index in [1.165, 1.54) is 0 Å². The highest BCUT2D eigenvalue weighted by Gasteiger charge is 2.00. The van der Waals surface area contributed by atoms with E-state index in [1.807, 2.05) is 6.07 Å². The molecule has 0 aliphatic carbocycles. The topological polar surface area (TPSA) is 41.6 Å². The summed E-state index contributed by atoms with van der Waals surface area (Å²) < 4.78 is 1.76. The quantitative estimate of drug-likeness (QED) is 0.599. The normalized spacial score (nSPS) is 12.4. The lowest BCUT2D eigenvalue weighted by Gasteiger charge is -1.99. The Morgan fingerprint density at radius 1 is 1.80 bits per heavy atom. The van der Waals surface area contributed by atoms with Crippen molar-refractivity contribution < 1.29 is 0 Å². The minimum absolute atomic E-state index is 0.464. The summed E-state index contributed by atoms with van der Waals surface area (Å²) in [6.07, 6.45) is 5.06. The number of hydrogen-bond acceptors (Lipinski definition) is 2. The third kappa shape index (κ3) is 1.74. The first-order valence-corrected chi connectivity index (χ1v) is 3.26. The van der Waals surface area contributed by atoms with Gasteiger partial charge in [0.15, 0.2) is 0 Å². The molecule has 0 aliphatic rings. The maximum absolute atomic E-state index is 8.32. The fraction of sp³-hybridized carbons (Fsp3) is 0.333.